The molecule has 0 rings (SSSR count). The molecule has 0 amide bonds. The molecule has 0 aromatic rings. The van der Waals surface area contributed by atoms with Crippen LogP contribution in [0.4, 0.5) is 0 Å². The number of hydrogen-bond acceptors (Lipinski definition) is 1. The fourth-order valence-electron chi connectivity index (χ4n) is 4.21. The van der Waals surface area contributed by atoms with E-state index in [9.17, 15) is 5.11 Å². The summed E-state index contributed by atoms with van der Waals surface area (Å²) in [4.78, 5) is 0. The number of terminal acetylenes is 1. The van der Waals surface area contributed by atoms with Crippen LogP contribution in [-0.4, -0.2) is 11.2 Å². The van der Waals surface area contributed by atoms with Gasteiger partial charge in [0.1, 0.15) is 6.10 Å². The van der Waals surface area contributed by atoms with E-state index in [1.54, 1.807) is 0 Å². The molecule has 1 heteroatoms. The molecule has 0 saturated carbocycles. The standard InChI is InChI=1S/C28H54O/c1-3-5-6-7-8-9-10-11-12-13-14-15-16-17-18-19-20-21-22-23-24-25-26-27-28(29)4-2/h2,28-29H,3,5-27H2,1H3/t28-/m0/s1. The highest BCUT2D eigenvalue weighted by Crippen LogP contribution is 2.15. The van der Waals surface area contributed by atoms with E-state index < -0.39 is 6.10 Å². The number of aliphatic hydroxyl groups is 1. The largest absolute Gasteiger partial charge is 0.380 e. The van der Waals surface area contributed by atoms with Crippen molar-refractivity contribution in [2.75, 3.05) is 0 Å². The lowest BCUT2D eigenvalue weighted by atomic mass is 10.0. The molecule has 0 aliphatic rings. The SMILES string of the molecule is C#C[C@H](O)CCCCCCCCCCCCCCCCCCCCCCCCC. The molecule has 0 saturated heterocycles. The highest BCUT2D eigenvalue weighted by atomic mass is 16.3. The topological polar surface area (TPSA) is 20.2 Å². The van der Waals surface area contributed by atoms with Crippen molar-refractivity contribution in [1.29, 1.82) is 0 Å². The van der Waals surface area contributed by atoms with Gasteiger partial charge < -0.3 is 5.11 Å². The third-order valence-corrected chi connectivity index (χ3v) is 6.27. The maximum Gasteiger partial charge on any atom is 0.114 e. The molecule has 0 aliphatic heterocycles. The van der Waals surface area contributed by atoms with Crippen molar-refractivity contribution in [3.05, 3.63) is 0 Å². The van der Waals surface area contributed by atoms with E-state index in [0.717, 1.165) is 12.8 Å². The molecular formula is C28H54O. The first kappa shape index (κ1) is 28.5. The lowest BCUT2D eigenvalue weighted by molar-refractivity contribution is 0.217. The maximum absolute atomic E-state index is 9.29. The van der Waals surface area contributed by atoms with Crippen LogP contribution in [0.1, 0.15) is 161 Å². The first-order valence-corrected chi connectivity index (χ1v) is 13.5. The van der Waals surface area contributed by atoms with Crippen molar-refractivity contribution in [2.24, 2.45) is 0 Å². The Balaban J connectivity index is 3.01. The van der Waals surface area contributed by atoms with Crippen molar-refractivity contribution >= 4 is 0 Å². The lowest BCUT2D eigenvalue weighted by Gasteiger charge is -2.05. The Labute approximate surface area is 184 Å². The lowest BCUT2D eigenvalue weighted by Crippen LogP contribution is -2.01. The van der Waals surface area contributed by atoms with E-state index in [0.29, 0.717) is 0 Å². The number of rotatable bonds is 24. The van der Waals surface area contributed by atoms with Crippen LogP contribution in [-0.2, 0) is 0 Å². The Morgan fingerprint density at radius 2 is 0.724 bits per heavy atom. The van der Waals surface area contributed by atoms with Crippen LogP contribution in [0.2, 0.25) is 0 Å². The van der Waals surface area contributed by atoms with Crippen molar-refractivity contribution in [3.8, 4) is 12.3 Å². The number of aliphatic hydroxyl groups excluding tert-OH is 1. The molecule has 0 unspecified atom stereocenters. The van der Waals surface area contributed by atoms with Gasteiger partial charge in [-0.15, -0.1) is 6.42 Å². The van der Waals surface area contributed by atoms with Crippen molar-refractivity contribution < 1.29 is 5.11 Å². The van der Waals surface area contributed by atoms with E-state index in [-0.39, 0.29) is 0 Å². The smallest absolute Gasteiger partial charge is 0.114 e. The number of hydrogen-bond donors (Lipinski definition) is 1. The molecule has 172 valence electrons. The minimum absolute atomic E-state index is 0.523. The second kappa shape index (κ2) is 25.6. The van der Waals surface area contributed by atoms with Gasteiger partial charge in [0.25, 0.3) is 0 Å². The van der Waals surface area contributed by atoms with Crippen LogP contribution in [0.5, 0.6) is 0 Å². The molecular weight excluding hydrogens is 352 g/mol. The zero-order valence-electron chi connectivity index (χ0n) is 20.1. The van der Waals surface area contributed by atoms with Gasteiger partial charge in [0.15, 0.2) is 0 Å². The molecule has 29 heavy (non-hydrogen) atoms. The van der Waals surface area contributed by atoms with Gasteiger partial charge in [-0.25, -0.2) is 0 Å². The Bertz CT molecular complexity index is 330. The summed E-state index contributed by atoms with van der Waals surface area (Å²) in [6, 6.07) is 0. The van der Waals surface area contributed by atoms with Gasteiger partial charge in [0, 0.05) is 0 Å². The van der Waals surface area contributed by atoms with Gasteiger partial charge in [0.05, 0.1) is 0 Å². The van der Waals surface area contributed by atoms with Crippen molar-refractivity contribution in [1.82, 2.24) is 0 Å². The molecule has 1 atom stereocenters. The summed E-state index contributed by atoms with van der Waals surface area (Å²) in [5.41, 5.74) is 0. The summed E-state index contributed by atoms with van der Waals surface area (Å²) in [5.74, 6) is 2.39. The van der Waals surface area contributed by atoms with Crippen LogP contribution >= 0.6 is 0 Å². The van der Waals surface area contributed by atoms with Crippen LogP contribution in [0.25, 0.3) is 0 Å². The summed E-state index contributed by atoms with van der Waals surface area (Å²) < 4.78 is 0. The van der Waals surface area contributed by atoms with Gasteiger partial charge in [-0.2, -0.15) is 0 Å². The van der Waals surface area contributed by atoms with Crippen LogP contribution < -0.4 is 0 Å². The van der Waals surface area contributed by atoms with Crippen LogP contribution in [0, 0.1) is 12.3 Å². The summed E-state index contributed by atoms with van der Waals surface area (Å²) in [6.07, 6.45) is 37.9. The van der Waals surface area contributed by atoms with E-state index in [2.05, 4.69) is 12.8 Å². The first-order valence-electron chi connectivity index (χ1n) is 13.5. The molecule has 1 nitrogen and oxygen atoms in total. The zero-order chi connectivity index (χ0) is 21.3. The Morgan fingerprint density at radius 1 is 0.483 bits per heavy atom. The molecule has 0 fully saturated rings. The number of unbranched alkanes of at least 4 members (excludes halogenated alkanes) is 22. The van der Waals surface area contributed by atoms with Crippen molar-refractivity contribution in [3.63, 3.8) is 0 Å². The quantitative estimate of drug-likeness (QED) is 0.125. The third kappa shape index (κ3) is 25.5. The molecule has 1 N–H and O–H groups in total. The average molecular weight is 407 g/mol. The van der Waals surface area contributed by atoms with E-state index >= 15 is 0 Å². The normalized spacial score (nSPS) is 12.2. The van der Waals surface area contributed by atoms with Crippen LogP contribution in [0.15, 0.2) is 0 Å². The second-order valence-electron chi connectivity index (χ2n) is 9.25. The fraction of sp³-hybridized carbons (Fsp3) is 0.929. The molecule has 0 spiro atoms. The fourth-order valence-corrected chi connectivity index (χ4v) is 4.21. The average Bonchev–Trinajstić information content (AvgIpc) is 2.74. The molecule has 0 heterocycles. The summed E-state index contributed by atoms with van der Waals surface area (Å²) >= 11 is 0. The van der Waals surface area contributed by atoms with E-state index in [1.165, 1.54) is 141 Å². The predicted octanol–water partition coefficient (Wildman–Crippen LogP) is 9.36. The van der Waals surface area contributed by atoms with Crippen molar-refractivity contribution in [2.45, 2.75) is 167 Å². The van der Waals surface area contributed by atoms with E-state index in [1.807, 2.05) is 0 Å². The highest BCUT2D eigenvalue weighted by molar-refractivity contribution is 4.92. The molecule has 0 aliphatic carbocycles. The molecule has 0 bridgehead atoms. The minimum Gasteiger partial charge on any atom is -0.380 e. The predicted molar refractivity (Wildman–Crippen MR) is 131 cm³/mol. The Hall–Kier alpha value is -0.480. The maximum atomic E-state index is 9.29. The minimum atomic E-state index is -0.523. The van der Waals surface area contributed by atoms with Crippen LogP contribution in [0.3, 0.4) is 0 Å². The molecule has 0 aromatic carbocycles. The zero-order valence-corrected chi connectivity index (χ0v) is 20.1. The third-order valence-electron chi connectivity index (χ3n) is 6.27. The molecule has 0 radical (unpaired) electrons. The van der Waals surface area contributed by atoms with Gasteiger partial charge in [-0.3, -0.25) is 0 Å². The monoisotopic (exact) mass is 406 g/mol. The second-order valence-corrected chi connectivity index (χ2v) is 9.25. The summed E-state index contributed by atoms with van der Waals surface area (Å²) in [6.45, 7) is 2.30. The Kier molecular flexibility index (Phi) is 25.1. The van der Waals surface area contributed by atoms with Gasteiger partial charge >= 0.3 is 0 Å². The Morgan fingerprint density at radius 3 is 0.966 bits per heavy atom. The van der Waals surface area contributed by atoms with E-state index in [4.69, 9.17) is 6.42 Å². The first-order chi connectivity index (χ1) is 14.3. The van der Waals surface area contributed by atoms with Gasteiger partial charge in [0.2, 0.25) is 0 Å². The summed E-state index contributed by atoms with van der Waals surface area (Å²) in [7, 11) is 0. The highest BCUT2D eigenvalue weighted by Gasteiger charge is 1.98. The summed E-state index contributed by atoms with van der Waals surface area (Å²) in [5, 5.41) is 9.29. The van der Waals surface area contributed by atoms with Gasteiger partial charge in [-0.05, 0) is 12.8 Å². The van der Waals surface area contributed by atoms with Gasteiger partial charge in [-0.1, -0.05) is 154 Å². The molecule has 0 aromatic heterocycles.